The van der Waals surface area contributed by atoms with Gasteiger partial charge in [-0.05, 0) is 64.4 Å². The van der Waals surface area contributed by atoms with Crippen molar-refractivity contribution in [3.05, 3.63) is 151 Å². The smallest absolute Gasteiger partial charge is 0.147 e. The van der Waals surface area contributed by atoms with Gasteiger partial charge >= 0.3 is 0 Å². The summed E-state index contributed by atoms with van der Waals surface area (Å²) < 4.78 is 2.35. The minimum atomic E-state index is 0.0412. The van der Waals surface area contributed by atoms with Crippen LogP contribution in [0.5, 0.6) is 0 Å². The predicted molar refractivity (Wildman–Crippen MR) is 201 cm³/mol. The fourth-order valence-corrected chi connectivity index (χ4v) is 7.12. The van der Waals surface area contributed by atoms with Gasteiger partial charge in [0.1, 0.15) is 5.82 Å². The molecule has 0 saturated heterocycles. The molecule has 0 bridgehead atoms. The molecule has 0 atom stereocenters. The van der Waals surface area contributed by atoms with E-state index >= 15 is 0 Å². The largest absolute Gasteiger partial charge is 0.354 e. The van der Waals surface area contributed by atoms with Crippen molar-refractivity contribution in [2.24, 2.45) is 0 Å². The minimum absolute atomic E-state index is 0.0412. The van der Waals surface area contributed by atoms with Crippen molar-refractivity contribution in [1.82, 2.24) is 19.5 Å². The number of aromatic nitrogens is 4. The Bertz CT molecular complexity index is 2660. The molecule has 0 aliphatic heterocycles. The lowest BCUT2D eigenvalue weighted by molar-refractivity contribution is 0.589. The van der Waals surface area contributed by atoms with E-state index in [0.29, 0.717) is 0 Å². The number of H-pyrrole nitrogens is 1. The Labute approximate surface area is 279 Å². The highest BCUT2D eigenvalue weighted by molar-refractivity contribution is 6.12. The lowest BCUT2D eigenvalue weighted by atomic mass is 9.87. The summed E-state index contributed by atoms with van der Waals surface area (Å²) in [6.45, 7) is 6.72. The number of imidazole rings is 1. The number of fused-ring (bicyclic) bond motifs is 5. The van der Waals surface area contributed by atoms with Crippen LogP contribution in [0.15, 0.2) is 146 Å². The topological polar surface area (TPSA) is 46.5 Å². The van der Waals surface area contributed by atoms with Gasteiger partial charge in [-0.25, -0.2) is 4.98 Å². The number of rotatable bonds is 4. The molecule has 0 fully saturated rings. The second kappa shape index (κ2) is 10.8. The fraction of sp³-hybridized carbons (Fsp3) is 0.0909. The predicted octanol–water partition coefficient (Wildman–Crippen LogP) is 11.5. The summed E-state index contributed by atoms with van der Waals surface area (Å²) in [6.07, 6.45) is 1.92. The maximum Gasteiger partial charge on any atom is 0.147 e. The van der Waals surface area contributed by atoms with Gasteiger partial charge in [0, 0.05) is 44.6 Å². The summed E-state index contributed by atoms with van der Waals surface area (Å²) in [4.78, 5) is 14.0. The molecular formula is C44H34N4. The fourth-order valence-electron chi connectivity index (χ4n) is 7.12. The summed E-state index contributed by atoms with van der Waals surface area (Å²) in [6, 6.07) is 49.7. The second-order valence-electron chi connectivity index (χ2n) is 13.6. The van der Waals surface area contributed by atoms with Crippen molar-refractivity contribution in [2.75, 3.05) is 0 Å². The highest BCUT2D eigenvalue weighted by atomic mass is 15.1. The summed E-state index contributed by atoms with van der Waals surface area (Å²) in [5.74, 6) is 0.904. The van der Waals surface area contributed by atoms with Crippen LogP contribution in [0.2, 0.25) is 0 Å². The first-order valence-electron chi connectivity index (χ1n) is 16.5. The van der Waals surface area contributed by atoms with Crippen LogP contribution in [0.25, 0.3) is 83.1 Å². The molecule has 0 aliphatic carbocycles. The van der Waals surface area contributed by atoms with Gasteiger partial charge in [-0.15, -0.1) is 0 Å². The standard InChI is InChI=1S/C44H34N4/c1-44(2,3)31-24-25-45-38(27-31)30-15-8-14-29(26-30)33-18-11-23-40-42(33)47-43(48(40)39-22-9-13-28-12-4-5-16-32(28)39)36-20-10-19-35-34-17-6-7-21-37(34)46-41(35)36/h4-27,46H,1-3H3. The highest BCUT2D eigenvalue weighted by Gasteiger charge is 2.22. The first-order valence-corrected chi connectivity index (χ1v) is 16.5. The summed E-state index contributed by atoms with van der Waals surface area (Å²) in [5, 5.41) is 4.78. The molecule has 0 aliphatic rings. The van der Waals surface area contributed by atoms with Crippen LogP contribution >= 0.6 is 0 Å². The van der Waals surface area contributed by atoms with E-state index in [1.807, 2.05) is 6.20 Å². The SMILES string of the molecule is CC(C)(C)c1ccnc(-c2cccc(-c3cccc4c3nc(-c3cccc5c3[nH]c3ccccc35)n4-c3cccc4ccccc34)c2)c1. The number of benzene rings is 6. The van der Waals surface area contributed by atoms with Gasteiger partial charge in [-0.2, -0.15) is 0 Å². The summed E-state index contributed by atoms with van der Waals surface area (Å²) >= 11 is 0. The number of nitrogens with zero attached hydrogens (tertiary/aromatic N) is 3. The van der Waals surface area contributed by atoms with Crippen LogP contribution in [0.1, 0.15) is 26.3 Å². The zero-order valence-corrected chi connectivity index (χ0v) is 27.2. The van der Waals surface area contributed by atoms with Gasteiger partial charge in [-0.3, -0.25) is 9.55 Å². The lowest BCUT2D eigenvalue weighted by Crippen LogP contribution is -2.11. The van der Waals surface area contributed by atoms with Gasteiger partial charge in [0.2, 0.25) is 0 Å². The quantitative estimate of drug-likeness (QED) is 0.213. The molecular weight excluding hydrogens is 585 g/mol. The van der Waals surface area contributed by atoms with Gasteiger partial charge in [0.05, 0.1) is 27.9 Å². The lowest BCUT2D eigenvalue weighted by Gasteiger charge is -2.19. The third-order valence-corrected chi connectivity index (χ3v) is 9.57. The molecule has 3 aromatic heterocycles. The normalized spacial score (nSPS) is 12.1. The third-order valence-electron chi connectivity index (χ3n) is 9.57. The van der Waals surface area contributed by atoms with E-state index in [0.717, 1.165) is 61.5 Å². The van der Waals surface area contributed by atoms with E-state index in [2.05, 4.69) is 170 Å². The minimum Gasteiger partial charge on any atom is -0.354 e. The molecule has 0 radical (unpaired) electrons. The van der Waals surface area contributed by atoms with E-state index in [1.165, 1.54) is 27.1 Å². The van der Waals surface area contributed by atoms with E-state index in [-0.39, 0.29) is 5.41 Å². The molecule has 3 heterocycles. The Kier molecular flexibility index (Phi) is 6.34. The molecule has 0 unspecified atom stereocenters. The zero-order chi connectivity index (χ0) is 32.4. The Morgan fingerprint density at radius 2 is 1.31 bits per heavy atom. The average Bonchev–Trinajstić information content (AvgIpc) is 3.70. The number of para-hydroxylation sites is 3. The van der Waals surface area contributed by atoms with Crippen LogP contribution in [-0.4, -0.2) is 19.5 Å². The molecule has 6 aromatic carbocycles. The van der Waals surface area contributed by atoms with Gasteiger partial charge in [0.15, 0.2) is 0 Å². The van der Waals surface area contributed by atoms with Crippen molar-refractivity contribution in [3.63, 3.8) is 0 Å². The maximum absolute atomic E-state index is 5.54. The zero-order valence-electron chi connectivity index (χ0n) is 27.2. The molecule has 0 spiro atoms. The van der Waals surface area contributed by atoms with Crippen molar-refractivity contribution in [2.45, 2.75) is 26.2 Å². The first-order chi connectivity index (χ1) is 23.4. The Balaban J connectivity index is 1.32. The molecule has 0 saturated carbocycles. The van der Waals surface area contributed by atoms with Crippen molar-refractivity contribution in [3.8, 4) is 39.5 Å². The molecule has 4 nitrogen and oxygen atoms in total. The van der Waals surface area contributed by atoms with E-state index in [4.69, 9.17) is 9.97 Å². The molecule has 9 rings (SSSR count). The van der Waals surface area contributed by atoms with Crippen LogP contribution in [0.3, 0.4) is 0 Å². The molecule has 9 aromatic rings. The molecule has 4 heteroatoms. The van der Waals surface area contributed by atoms with Crippen molar-refractivity contribution in [1.29, 1.82) is 0 Å². The Morgan fingerprint density at radius 1 is 0.604 bits per heavy atom. The summed E-state index contributed by atoms with van der Waals surface area (Å²) in [5.41, 5.74) is 12.0. The summed E-state index contributed by atoms with van der Waals surface area (Å²) in [7, 11) is 0. The van der Waals surface area contributed by atoms with Gasteiger partial charge in [-0.1, -0.05) is 118 Å². The van der Waals surface area contributed by atoms with Crippen LogP contribution in [0.4, 0.5) is 0 Å². The number of hydrogen-bond acceptors (Lipinski definition) is 2. The second-order valence-corrected chi connectivity index (χ2v) is 13.6. The van der Waals surface area contributed by atoms with Crippen LogP contribution < -0.4 is 0 Å². The monoisotopic (exact) mass is 618 g/mol. The average molecular weight is 619 g/mol. The number of pyridine rings is 1. The van der Waals surface area contributed by atoms with E-state index in [1.54, 1.807) is 0 Å². The Morgan fingerprint density at radius 3 is 2.21 bits per heavy atom. The van der Waals surface area contributed by atoms with E-state index in [9.17, 15) is 0 Å². The Hall–Kier alpha value is -6.00. The van der Waals surface area contributed by atoms with Crippen molar-refractivity contribution >= 4 is 43.6 Å². The van der Waals surface area contributed by atoms with Crippen LogP contribution in [0, 0.1) is 0 Å². The van der Waals surface area contributed by atoms with Crippen LogP contribution in [-0.2, 0) is 5.41 Å². The number of hydrogen-bond donors (Lipinski definition) is 1. The van der Waals surface area contributed by atoms with Gasteiger partial charge < -0.3 is 4.98 Å². The van der Waals surface area contributed by atoms with Crippen molar-refractivity contribution < 1.29 is 0 Å². The molecule has 48 heavy (non-hydrogen) atoms. The van der Waals surface area contributed by atoms with E-state index < -0.39 is 0 Å². The first kappa shape index (κ1) is 28.2. The molecule has 1 N–H and O–H groups in total. The highest BCUT2D eigenvalue weighted by Crippen LogP contribution is 2.40. The number of nitrogens with one attached hydrogen (secondary N) is 1. The van der Waals surface area contributed by atoms with Gasteiger partial charge in [0.25, 0.3) is 0 Å². The maximum atomic E-state index is 5.54. The molecule has 230 valence electrons. The molecule has 0 amide bonds. The third kappa shape index (κ3) is 4.52. The number of aromatic amines is 1.